The molecular weight excluding hydrogens is 356 g/mol. The maximum Gasteiger partial charge on any atom is 0.255 e. The Hall–Kier alpha value is -2.73. The number of nitrogens with one attached hydrogen (secondary N) is 2. The number of benzene rings is 2. The second kappa shape index (κ2) is 9.46. The third kappa shape index (κ3) is 4.75. The van der Waals surface area contributed by atoms with Gasteiger partial charge in [-0.3, -0.25) is 4.79 Å². The van der Waals surface area contributed by atoms with Gasteiger partial charge in [0.25, 0.3) is 5.91 Å². The van der Waals surface area contributed by atoms with Crippen molar-refractivity contribution in [3.05, 3.63) is 47.5 Å². The number of anilines is 1. The second-order valence-corrected chi connectivity index (χ2v) is 7.05. The van der Waals surface area contributed by atoms with Gasteiger partial charge in [-0.15, -0.1) is 0 Å². The van der Waals surface area contributed by atoms with E-state index in [0.29, 0.717) is 22.8 Å². The number of quaternary nitrogens is 1. The molecule has 6 heteroatoms. The molecule has 2 aromatic rings. The average molecular weight is 385 g/mol. The predicted octanol–water partition coefficient (Wildman–Crippen LogP) is 2.53. The van der Waals surface area contributed by atoms with Crippen LogP contribution in [0, 0.1) is 0 Å². The molecule has 1 aliphatic rings. The molecule has 0 saturated carbocycles. The largest absolute Gasteiger partial charge is 0.493 e. The van der Waals surface area contributed by atoms with Gasteiger partial charge in [0.2, 0.25) is 5.75 Å². The molecule has 150 valence electrons. The predicted molar refractivity (Wildman–Crippen MR) is 109 cm³/mol. The maximum atomic E-state index is 12.7. The molecule has 1 heterocycles. The molecule has 1 aliphatic heterocycles. The number of methoxy groups -OCH3 is 3. The summed E-state index contributed by atoms with van der Waals surface area (Å²) in [5.74, 6) is 1.14. The van der Waals surface area contributed by atoms with E-state index >= 15 is 0 Å². The highest BCUT2D eigenvalue weighted by atomic mass is 16.5. The Balaban J connectivity index is 1.68. The fraction of sp³-hybridized carbons (Fsp3) is 0.409. The highest BCUT2D eigenvalue weighted by Gasteiger charge is 2.17. The Morgan fingerprint density at radius 2 is 1.54 bits per heavy atom. The minimum absolute atomic E-state index is 0.228. The molecule has 0 aliphatic carbocycles. The lowest BCUT2D eigenvalue weighted by atomic mass is 10.1. The molecule has 6 nitrogen and oxygen atoms in total. The monoisotopic (exact) mass is 385 g/mol. The molecule has 1 saturated heterocycles. The van der Waals surface area contributed by atoms with E-state index in [-0.39, 0.29) is 5.91 Å². The summed E-state index contributed by atoms with van der Waals surface area (Å²) in [5, 5.41) is 2.93. The van der Waals surface area contributed by atoms with Crippen molar-refractivity contribution in [2.24, 2.45) is 0 Å². The number of carbonyl (C=O) groups is 1. The Morgan fingerprint density at radius 3 is 2.07 bits per heavy atom. The van der Waals surface area contributed by atoms with Crippen LogP contribution in [-0.4, -0.2) is 40.3 Å². The lowest BCUT2D eigenvalue weighted by Gasteiger charge is -2.23. The van der Waals surface area contributed by atoms with Crippen molar-refractivity contribution in [3.8, 4) is 17.2 Å². The third-order valence-corrected chi connectivity index (χ3v) is 5.15. The van der Waals surface area contributed by atoms with E-state index in [2.05, 4.69) is 17.4 Å². The van der Waals surface area contributed by atoms with Crippen molar-refractivity contribution in [3.63, 3.8) is 0 Å². The summed E-state index contributed by atoms with van der Waals surface area (Å²) in [6.45, 7) is 3.54. The first-order chi connectivity index (χ1) is 13.6. The van der Waals surface area contributed by atoms with Gasteiger partial charge >= 0.3 is 0 Å². The Bertz CT molecular complexity index is 774. The zero-order chi connectivity index (χ0) is 19.9. The van der Waals surface area contributed by atoms with Crippen LogP contribution in [0.3, 0.4) is 0 Å². The van der Waals surface area contributed by atoms with Crippen molar-refractivity contribution in [2.75, 3.05) is 39.7 Å². The van der Waals surface area contributed by atoms with Crippen LogP contribution in [0.1, 0.15) is 35.2 Å². The van der Waals surface area contributed by atoms with E-state index in [1.807, 2.05) is 12.1 Å². The molecule has 0 radical (unpaired) electrons. The van der Waals surface area contributed by atoms with Gasteiger partial charge in [0.15, 0.2) is 11.5 Å². The summed E-state index contributed by atoms with van der Waals surface area (Å²) >= 11 is 0. The number of carbonyl (C=O) groups excluding carboxylic acids is 1. The molecular formula is C22H29N2O4+. The van der Waals surface area contributed by atoms with Crippen LogP contribution in [0.15, 0.2) is 36.4 Å². The normalized spacial score (nSPS) is 14.4. The quantitative estimate of drug-likeness (QED) is 0.769. The Morgan fingerprint density at radius 1 is 0.929 bits per heavy atom. The number of likely N-dealkylation sites (tertiary alicyclic amines) is 1. The standard InChI is InChI=1S/C22H28N2O4/c1-26-19-13-17(14-20(27-2)21(19)28-3)22(25)23-18-9-7-16(8-10-18)15-24-11-5-4-6-12-24/h7-10,13-14H,4-6,11-12,15H2,1-3H3,(H,23,25)/p+1. The van der Waals surface area contributed by atoms with Crippen LogP contribution in [0.2, 0.25) is 0 Å². The van der Waals surface area contributed by atoms with E-state index in [9.17, 15) is 4.79 Å². The topological polar surface area (TPSA) is 61.2 Å². The third-order valence-electron chi connectivity index (χ3n) is 5.15. The zero-order valence-electron chi connectivity index (χ0n) is 16.8. The summed E-state index contributed by atoms with van der Waals surface area (Å²) in [5.41, 5.74) is 2.50. The van der Waals surface area contributed by atoms with Gasteiger partial charge in [-0.1, -0.05) is 12.1 Å². The van der Waals surface area contributed by atoms with Crippen LogP contribution in [0.25, 0.3) is 0 Å². The smallest absolute Gasteiger partial charge is 0.255 e. The first-order valence-electron chi connectivity index (χ1n) is 9.68. The molecule has 0 unspecified atom stereocenters. The molecule has 0 atom stereocenters. The summed E-state index contributed by atoms with van der Waals surface area (Å²) in [6, 6.07) is 11.4. The van der Waals surface area contributed by atoms with E-state index in [1.54, 1.807) is 17.0 Å². The van der Waals surface area contributed by atoms with Crippen molar-refractivity contribution in [2.45, 2.75) is 25.8 Å². The molecule has 0 spiro atoms. The molecule has 1 fully saturated rings. The zero-order valence-corrected chi connectivity index (χ0v) is 16.8. The molecule has 0 aromatic heterocycles. The maximum absolute atomic E-state index is 12.7. The van der Waals surface area contributed by atoms with Crippen LogP contribution in [0.5, 0.6) is 17.2 Å². The minimum atomic E-state index is -0.228. The van der Waals surface area contributed by atoms with E-state index in [1.165, 1.54) is 59.2 Å². The lowest BCUT2D eigenvalue weighted by Crippen LogP contribution is -3.11. The van der Waals surface area contributed by atoms with Crippen LogP contribution in [-0.2, 0) is 6.54 Å². The number of amides is 1. The highest BCUT2D eigenvalue weighted by Crippen LogP contribution is 2.38. The SMILES string of the molecule is COc1cc(C(=O)Nc2ccc(C[NH+]3CCCCC3)cc2)cc(OC)c1OC. The van der Waals surface area contributed by atoms with Crippen molar-refractivity contribution in [1.82, 2.24) is 0 Å². The van der Waals surface area contributed by atoms with Crippen molar-refractivity contribution in [1.29, 1.82) is 0 Å². The van der Waals surface area contributed by atoms with Crippen LogP contribution < -0.4 is 24.4 Å². The van der Waals surface area contributed by atoms with Gasteiger partial charge in [0.1, 0.15) is 6.54 Å². The molecule has 2 N–H and O–H groups in total. The molecule has 1 amide bonds. The van der Waals surface area contributed by atoms with Crippen LogP contribution in [0.4, 0.5) is 5.69 Å². The highest BCUT2D eigenvalue weighted by molar-refractivity contribution is 6.05. The van der Waals surface area contributed by atoms with Crippen molar-refractivity contribution >= 4 is 11.6 Å². The van der Waals surface area contributed by atoms with Gasteiger partial charge in [-0.25, -0.2) is 0 Å². The molecule has 28 heavy (non-hydrogen) atoms. The average Bonchev–Trinajstić information content (AvgIpc) is 2.74. The van der Waals surface area contributed by atoms with Gasteiger partial charge in [0, 0.05) is 16.8 Å². The number of ether oxygens (including phenoxy) is 3. The first-order valence-corrected chi connectivity index (χ1v) is 9.68. The van der Waals surface area contributed by atoms with E-state index < -0.39 is 0 Å². The number of hydrogen-bond acceptors (Lipinski definition) is 4. The minimum Gasteiger partial charge on any atom is -0.493 e. The Kier molecular flexibility index (Phi) is 6.76. The fourth-order valence-electron chi connectivity index (χ4n) is 3.64. The van der Waals surface area contributed by atoms with Gasteiger partial charge < -0.3 is 24.4 Å². The van der Waals surface area contributed by atoms with Crippen LogP contribution >= 0.6 is 0 Å². The van der Waals surface area contributed by atoms with Gasteiger partial charge in [-0.2, -0.15) is 0 Å². The number of piperidine rings is 1. The molecule has 0 bridgehead atoms. The fourth-order valence-corrected chi connectivity index (χ4v) is 3.64. The summed E-state index contributed by atoms with van der Waals surface area (Å²) in [7, 11) is 4.59. The van der Waals surface area contributed by atoms with Crippen molar-refractivity contribution < 1.29 is 23.9 Å². The summed E-state index contributed by atoms with van der Waals surface area (Å²) in [6.07, 6.45) is 3.99. The second-order valence-electron chi connectivity index (χ2n) is 7.05. The number of rotatable bonds is 7. The lowest BCUT2D eigenvalue weighted by molar-refractivity contribution is -0.918. The molecule has 3 rings (SSSR count). The van der Waals surface area contributed by atoms with E-state index in [4.69, 9.17) is 14.2 Å². The number of hydrogen-bond donors (Lipinski definition) is 2. The molecule has 2 aromatic carbocycles. The summed E-state index contributed by atoms with van der Waals surface area (Å²) in [4.78, 5) is 14.3. The van der Waals surface area contributed by atoms with Gasteiger partial charge in [0.05, 0.1) is 34.4 Å². The first kappa shape index (κ1) is 20.0. The van der Waals surface area contributed by atoms with Gasteiger partial charge in [-0.05, 0) is 43.5 Å². The summed E-state index contributed by atoms with van der Waals surface area (Å²) < 4.78 is 15.9. The Labute approximate surface area is 166 Å². The van der Waals surface area contributed by atoms with E-state index in [0.717, 1.165) is 12.2 Å².